The predicted octanol–water partition coefficient (Wildman–Crippen LogP) is 4.89. The van der Waals surface area contributed by atoms with Crippen LogP contribution in [0, 0.1) is 5.41 Å². The lowest BCUT2D eigenvalue weighted by Crippen LogP contribution is -2.75. The number of carbonyl (C=O) groups is 3. The van der Waals surface area contributed by atoms with Crippen LogP contribution in [0.15, 0.2) is 85.1 Å². The molecule has 2 N–H and O–H groups in total. The fourth-order valence-corrected chi connectivity index (χ4v) is 11.1. The highest BCUT2D eigenvalue weighted by Crippen LogP contribution is 2.49. The van der Waals surface area contributed by atoms with Crippen LogP contribution in [0.5, 0.6) is 11.5 Å². The van der Waals surface area contributed by atoms with Crippen molar-refractivity contribution in [1.82, 2.24) is 25.3 Å². The number of aromatic nitrogens is 2. The summed E-state index contributed by atoms with van der Waals surface area (Å²) in [5, 5.41) is 21.5. The molecular weight excluding hydrogens is 759 g/mol. The summed E-state index contributed by atoms with van der Waals surface area (Å²) in [6.07, 6.45) is 7.00. The Hall–Kier alpha value is -5.53. The van der Waals surface area contributed by atoms with E-state index in [1.807, 2.05) is 48.5 Å². The van der Waals surface area contributed by atoms with Gasteiger partial charge in [-0.15, -0.1) is 0 Å². The largest absolute Gasteiger partial charge is 0.507 e. The average Bonchev–Trinajstić information content (AvgIpc) is 3.65. The minimum atomic E-state index is -0.703. The van der Waals surface area contributed by atoms with Crippen molar-refractivity contribution in [3.05, 3.63) is 96.2 Å². The van der Waals surface area contributed by atoms with Crippen LogP contribution in [0.25, 0.3) is 11.3 Å². The maximum absolute atomic E-state index is 14.8. The quantitative estimate of drug-likeness (QED) is 0.235. The Morgan fingerprint density at radius 3 is 2.30 bits per heavy atom. The van der Waals surface area contributed by atoms with Crippen molar-refractivity contribution in [3.63, 3.8) is 0 Å². The number of aromatic hydroxyl groups is 1. The summed E-state index contributed by atoms with van der Waals surface area (Å²) in [5.74, 6) is 0.456. The van der Waals surface area contributed by atoms with Crippen LogP contribution in [-0.2, 0) is 24.5 Å². The zero-order valence-corrected chi connectivity index (χ0v) is 34.2. The zero-order chi connectivity index (χ0) is 41.1. The molecule has 0 aliphatic carbocycles. The number of likely N-dealkylation sites (tertiary alicyclic amines) is 2. The van der Waals surface area contributed by atoms with Crippen molar-refractivity contribution in [2.45, 2.75) is 67.9 Å². The maximum atomic E-state index is 14.8. The standard InChI is InChI=1S/C47H53N7O6/c1-59-41-9-5-3-7-38(41)47(18-22-52(23-19-47)34-24-39(50-48-26-34)37-6-2-4-8-40(37)55)44(58)54-30-45(31-54)28-53(29-45)35-25-46(60-27-35)16-20-51(21-17-46)33-12-10-32(11-13-33)36-14-15-42(56)49-43(36)57/h2-13,24,26,35-36,55H,14-23,25,27-31H2,1H3,(H,49,56,57)/t35?,36-/m1/s1. The van der Waals surface area contributed by atoms with E-state index in [1.54, 1.807) is 25.4 Å². The number of anilines is 2. The van der Waals surface area contributed by atoms with Crippen molar-refractivity contribution in [2.24, 2.45) is 5.41 Å². The second-order valence-electron chi connectivity index (χ2n) is 18.1. The van der Waals surface area contributed by atoms with E-state index in [1.165, 1.54) is 0 Å². The molecule has 60 heavy (non-hydrogen) atoms. The molecule has 1 aromatic heterocycles. The number of carbonyl (C=O) groups excluding carboxylic acids is 3. The highest BCUT2D eigenvalue weighted by molar-refractivity contribution is 6.01. The Morgan fingerprint density at radius 2 is 1.57 bits per heavy atom. The third-order valence-electron chi connectivity index (χ3n) is 14.5. The van der Waals surface area contributed by atoms with E-state index in [0.29, 0.717) is 56.1 Å². The van der Waals surface area contributed by atoms with Gasteiger partial charge in [-0.2, -0.15) is 10.2 Å². The summed E-state index contributed by atoms with van der Waals surface area (Å²) < 4.78 is 12.5. The van der Waals surface area contributed by atoms with Gasteiger partial charge in [0, 0.05) is 87.0 Å². The molecule has 13 heteroatoms. The summed E-state index contributed by atoms with van der Waals surface area (Å²) in [7, 11) is 1.68. The molecule has 4 aromatic rings. The molecule has 312 valence electrons. The zero-order valence-electron chi connectivity index (χ0n) is 34.2. The van der Waals surface area contributed by atoms with Gasteiger partial charge in [0.1, 0.15) is 11.5 Å². The molecule has 10 rings (SSSR count). The summed E-state index contributed by atoms with van der Waals surface area (Å²) in [6, 6.07) is 25.8. The molecule has 0 bridgehead atoms. The van der Waals surface area contributed by atoms with Crippen LogP contribution in [0.4, 0.5) is 11.4 Å². The summed E-state index contributed by atoms with van der Waals surface area (Å²) in [5.41, 5.74) is 4.59. The van der Waals surface area contributed by atoms with Crippen molar-refractivity contribution in [3.8, 4) is 22.8 Å². The summed E-state index contributed by atoms with van der Waals surface area (Å²) in [4.78, 5) is 48.2. The first kappa shape index (κ1) is 38.7. The van der Waals surface area contributed by atoms with E-state index >= 15 is 0 Å². The highest BCUT2D eigenvalue weighted by Gasteiger charge is 2.59. The summed E-state index contributed by atoms with van der Waals surface area (Å²) >= 11 is 0. The van der Waals surface area contributed by atoms with Gasteiger partial charge in [-0.3, -0.25) is 24.6 Å². The Balaban J connectivity index is 0.746. The van der Waals surface area contributed by atoms with E-state index < -0.39 is 5.41 Å². The number of phenolic OH excluding ortho intramolecular Hbond substituents is 1. The molecule has 3 amide bonds. The average molecular weight is 812 g/mol. The lowest BCUT2D eigenvalue weighted by Gasteiger charge is -2.63. The molecule has 0 saturated carbocycles. The number of imide groups is 1. The Kier molecular flexibility index (Phi) is 9.78. The van der Waals surface area contributed by atoms with Gasteiger partial charge >= 0.3 is 0 Å². The smallest absolute Gasteiger partial charge is 0.234 e. The number of amides is 3. The molecule has 6 aliphatic heterocycles. The Labute approximate surface area is 350 Å². The molecule has 2 spiro atoms. The van der Waals surface area contributed by atoms with E-state index in [0.717, 1.165) is 93.4 Å². The molecule has 0 radical (unpaired) electrons. The van der Waals surface area contributed by atoms with Gasteiger partial charge in [0.05, 0.1) is 48.2 Å². The van der Waals surface area contributed by atoms with Crippen molar-refractivity contribution >= 4 is 29.1 Å². The predicted molar refractivity (Wildman–Crippen MR) is 226 cm³/mol. The molecule has 6 aliphatic rings. The number of rotatable bonds is 8. The van der Waals surface area contributed by atoms with Crippen LogP contribution >= 0.6 is 0 Å². The first-order valence-electron chi connectivity index (χ1n) is 21.5. The molecule has 2 atom stereocenters. The number of phenols is 1. The Bertz CT molecular complexity index is 2270. The molecular formula is C47H53N7O6. The second kappa shape index (κ2) is 15.2. The SMILES string of the molecule is COc1ccccc1C1(C(=O)N2CC3(C2)CN(C2COC4(CCN(c5ccc([C@H]6CCC(=O)NC6=O)cc5)CC4)C2)C3)CCN(c2cnnc(-c3ccccc3O)c2)CC1. The van der Waals surface area contributed by atoms with E-state index in [9.17, 15) is 19.5 Å². The third kappa shape index (κ3) is 6.85. The van der Waals surface area contributed by atoms with Gasteiger partial charge in [-0.25, -0.2) is 0 Å². The fourth-order valence-electron chi connectivity index (χ4n) is 11.1. The van der Waals surface area contributed by atoms with Gasteiger partial charge in [0.25, 0.3) is 0 Å². The van der Waals surface area contributed by atoms with Gasteiger partial charge in [0.2, 0.25) is 17.7 Å². The van der Waals surface area contributed by atoms with Crippen LogP contribution in [-0.4, -0.2) is 121 Å². The molecule has 13 nitrogen and oxygen atoms in total. The number of methoxy groups -OCH3 is 1. The van der Waals surface area contributed by atoms with Gasteiger partial charge in [-0.1, -0.05) is 42.5 Å². The fraction of sp³-hybridized carbons (Fsp3) is 0.468. The molecule has 3 aromatic carbocycles. The monoisotopic (exact) mass is 811 g/mol. The highest BCUT2D eigenvalue weighted by atomic mass is 16.5. The minimum Gasteiger partial charge on any atom is -0.507 e. The van der Waals surface area contributed by atoms with Crippen LogP contribution in [0.2, 0.25) is 0 Å². The number of para-hydroxylation sites is 2. The van der Waals surface area contributed by atoms with Crippen molar-refractivity contribution in [1.29, 1.82) is 0 Å². The van der Waals surface area contributed by atoms with Gasteiger partial charge in [-0.05, 0) is 80.5 Å². The Morgan fingerprint density at radius 1 is 0.867 bits per heavy atom. The summed E-state index contributed by atoms with van der Waals surface area (Å²) in [6.45, 7) is 7.49. The number of nitrogens with one attached hydrogen (secondary N) is 1. The van der Waals surface area contributed by atoms with Crippen LogP contribution in [0.1, 0.15) is 62.0 Å². The second-order valence-corrected chi connectivity index (χ2v) is 18.1. The van der Waals surface area contributed by atoms with Crippen molar-refractivity contribution in [2.75, 3.05) is 75.9 Å². The number of hydrogen-bond acceptors (Lipinski definition) is 11. The molecule has 7 heterocycles. The number of hydrogen-bond donors (Lipinski definition) is 2. The third-order valence-corrected chi connectivity index (χ3v) is 14.5. The van der Waals surface area contributed by atoms with Gasteiger partial charge < -0.3 is 29.3 Å². The first-order chi connectivity index (χ1) is 29.2. The van der Waals surface area contributed by atoms with Gasteiger partial charge in [0.15, 0.2) is 0 Å². The van der Waals surface area contributed by atoms with Crippen LogP contribution < -0.4 is 19.9 Å². The van der Waals surface area contributed by atoms with E-state index in [-0.39, 0.29) is 40.4 Å². The van der Waals surface area contributed by atoms with E-state index in [4.69, 9.17) is 9.47 Å². The lowest BCUT2D eigenvalue weighted by atomic mass is 9.67. The normalized spacial score (nSPS) is 24.5. The first-order valence-corrected chi connectivity index (χ1v) is 21.5. The topological polar surface area (TPSA) is 141 Å². The minimum absolute atomic E-state index is 0.0919. The maximum Gasteiger partial charge on any atom is 0.234 e. The van der Waals surface area contributed by atoms with Crippen LogP contribution in [0.3, 0.4) is 0 Å². The van der Waals surface area contributed by atoms with E-state index in [2.05, 4.69) is 53.3 Å². The molecule has 1 unspecified atom stereocenters. The number of nitrogens with zero attached hydrogens (tertiary/aromatic N) is 6. The number of ether oxygens (including phenoxy) is 2. The molecule has 6 saturated heterocycles. The molecule has 6 fully saturated rings. The van der Waals surface area contributed by atoms with Crippen molar-refractivity contribution < 1.29 is 29.0 Å². The lowest BCUT2D eigenvalue weighted by molar-refractivity contribution is -0.169. The number of benzene rings is 3. The number of piperidine rings is 3.